The number of nitrogens with zero attached hydrogens (tertiary/aromatic N) is 1. The molecule has 2 aliphatic rings. The highest BCUT2D eigenvalue weighted by Crippen LogP contribution is 2.41. The molecule has 0 bridgehead atoms. The first kappa shape index (κ1) is 21.2. The SMILES string of the molecule is CN1CCC(=C2c3ccccc3CCc3sc(C(=O)OCCNCCO)cc32)CC1. The van der Waals surface area contributed by atoms with E-state index in [1.807, 2.05) is 0 Å². The predicted molar refractivity (Wildman–Crippen MR) is 121 cm³/mol. The summed E-state index contributed by atoms with van der Waals surface area (Å²) in [7, 11) is 2.18. The van der Waals surface area contributed by atoms with E-state index in [2.05, 4.69) is 47.6 Å². The van der Waals surface area contributed by atoms with Gasteiger partial charge in [0.1, 0.15) is 11.5 Å². The van der Waals surface area contributed by atoms with Crippen molar-refractivity contribution in [2.75, 3.05) is 46.4 Å². The smallest absolute Gasteiger partial charge is 0.348 e. The molecular formula is C24H30N2O3S. The van der Waals surface area contributed by atoms with E-state index in [4.69, 9.17) is 9.84 Å². The Hall–Kier alpha value is -1.99. The maximum atomic E-state index is 12.6. The number of aryl methyl sites for hydroxylation is 2. The predicted octanol–water partition coefficient (Wildman–Crippen LogP) is 3.11. The van der Waals surface area contributed by atoms with Gasteiger partial charge in [0.15, 0.2) is 0 Å². The molecule has 1 aliphatic carbocycles. The summed E-state index contributed by atoms with van der Waals surface area (Å²) in [4.78, 5) is 17.0. The number of nitrogens with one attached hydrogen (secondary N) is 1. The number of hydrogen-bond donors (Lipinski definition) is 2. The van der Waals surface area contributed by atoms with Crippen molar-refractivity contribution in [3.63, 3.8) is 0 Å². The molecule has 6 heteroatoms. The minimum Gasteiger partial charge on any atom is -0.460 e. The van der Waals surface area contributed by atoms with Crippen molar-refractivity contribution in [3.8, 4) is 0 Å². The molecule has 5 nitrogen and oxygen atoms in total. The summed E-state index contributed by atoms with van der Waals surface area (Å²) in [6.45, 7) is 3.61. The lowest BCUT2D eigenvalue weighted by Crippen LogP contribution is -2.27. The molecule has 2 N–H and O–H groups in total. The standard InChI is InChI=1S/C24H30N2O3S/c1-26-12-8-18(9-13-26)23-19-5-3-2-4-17(19)6-7-21-20(23)16-22(30-21)24(28)29-15-11-25-10-14-27/h2-5,16,25,27H,6-15H2,1H3. The number of aliphatic hydroxyl groups is 1. The third kappa shape index (κ3) is 4.67. The lowest BCUT2D eigenvalue weighted by Gasteiger charge is -2.27. The van der Waals surface area contributed by atoms with Gasteiger partial charge in [-0.05, 0) is 61.1 Å². The second-order valence-electron chi connectivity index (χ2n) is 8.00. The normalized spacial score (nSPS) is 16.7. The third-order valence-corrected chi connectivity index (χ3v) is 7.11. The molecular weight excluding hydrogens is 396 g/mol. The number of fused-ring (bicyclic) bond motifs is 2. The summed E-state index contributed by atoms with van der Waals surface area (Å²) in [5.74, 6) is -0.250. The van der Waals surface area contributed by atoms with Crippen molar-refractivity contribution in [1.29, 1.82) is 0 Å². The summed E-state index contributed by atoms with van der Waals surface area (Å²) in [5.41, 5.74) is 6.83. The second kappa shape index (κ2) is 9.88. The van der Waals surface area contributed by atoms with Gasteiger partial charge in [0, 0.05) is 31.1 Å². The van der Waals surface area contributed by atoms with Gasteiger partial charge in [-0.25, -0.2) is 4.79 Å². The molecule has 1 aromatic heterocycles. The molecule has 4 rings (SSSR count). The molecule has 1 saturated heterocycles. The fourth-order valence-electron chi connectivity index (χ4n) is 4.31. The Labute approximate surface area is 182 Å². The molecule has 0 spiro atoms. The molecule has 2 aromatic rings. The zero-order chi connectivity index (χ0) is 20.9. The van der Waals surface area contributed by atoms with Crippen LogP contribution >= 0.6 is 11.3 Å². The third-order valence-electron chi connectivity index (χ3n) is 5.93. The lowest BCUT2D eigenvalue weighted by molar-refractivity contribution is 0.0513. The van der Waals surface area contributed by atoms with E-state index in [0.29, 0.717) is 24.6 Å². The highest BCUT2D eigenvalue weighted by Gasteiger charge is 2.26. The molecule has 160 valence electrons. The van der Waals surface area contributed by atoms with Crippen molar-refractivity contribution in [2.24, 2.45) is 0 Å². The van der Waals surface area contributed by atoms with Crippen molar-refractivity contribution in [3.05, 3.63) is 62.3 Å². The van der Waals surface area contributed by atoms with Gasteiger partial charge in [0.05, 0.1) is 6.61 Å². The number of rotatable bonds is 6. The van der Waals surface area contributed by atoms with Crippen LogP contribution in [0.4, 0.5) is 0 Å². The Morgan fingerprint density at radius 1 is 1.13 bits per heavy atom. The Bertz CT molecular complexity index is 924. The molecule has 0 amide bonds. The zero-order valence-electron chi connectivity index (χ0n) is 17.6. The van der Waals surface area contributed by atoms with E-state index in [-0.39, 0.29) is 12.6 Å². The van der Waals surface area contributed by atoms with Gasteiger partial charge in [-0.2, -0.15) is 0 Å². The largest absolute Gasteiger partial charge is 0.460 e. The first-order valence-electron chi connectivity index (χ1n) is 10.8. The van der Waals surface area contributed by atoms with Crippen LogP contribution in [0.25, 0.3) is 5.57 Å². The number of hydrogen-bond acceptors (Lipinski definition) is 6. The number of carbonyl (C=O) groups is 1. The highest BCUT2D eigenvalue weighted by atomic mass is 32.1. The van der Waals surface area contributed by atoms with E-state index < -0.39 is 0 Å². The molecule has 2 heterocycles. The van der Waals surface area contributed by atoms with Gasteiger partial charge >= 0.3 is 5.97 Å². The summed E-state index contributed by atoms with van der Waals surface area (Å²) in [6, 6.07) is 10.8. The number of thiophene rings is 1. The number of piperidine rings is 1. The van der Waals surface area contributed by atoms with Crippen LogP contribution in [0.15, 0.2) is 35.9 Å². The highest BCUT2D eigenvalue weighted by molar-refractivity contribution is 7.14. The minimum absolute atomic E-state index is 0.0836. The van der Waals surface area contributed by atoms with Gasteiger partial charge in [-0.3, -0.25) is 0 Å². The number of likely N-dealkylation sites (tertiary alicyclic amines) is 1. The number of ether oxygens (including phenoxy) is 1. The molecule has 1 aromatic carbocycles. The minimum atomic E-state index is -0.250. The van der Waals surface area contributed by atoms with Crippen molar-refractivity contribution in [2.45, 2.75) is 25.7 Å². The monoisotopic (exact) mass is 426 g/mol. The summed E-state index contributed by atoms with van der Waals surface area (Å²) < 4.78 is 5.45. The van der Waals surface area contributed by atoms with Crippen LogP contribution in [0.1, 0.15) is 44.1 Å². The van der Waals surface area contributed by atoms with E-state index in [0.717, 1.165) is 38.8 Å². The van der Waals surface area contributed by atoms with Gasteiger partial charge < -0.3 is 20.1 Å². The fraction of sp³-hybridized carbons (Fsp3) is 0.458. The van der Waals surface area contributed by atoms with Crippen LogP contribution in [-0.2, 0) is 17.6 Å². The zero-order valence-corrected chi connectivity index (χ0v) is 18.4. The number of esters is 1. The topological polar surface area (TPSA) is 61.8 Å². The summed E-state index contributed by atoms with van der Waals surface area (Å²) in [6.07, 6.45) is 4.11. The first-order chi connectivity index (χ1) is 14.7. The van der Waals surface area contributed by atoms with Gasteiger partial charge in [0.2, 0.25) is 0 Å². The summed E-state index contributed by atoms with van der Waals surface area (Å²) >= 11 is 1.58. The van der Waals surface area contributed by atoms with E-state index in [9.17, 15) is 4.79 Å². The molecule has 30 heavy (non-hydrogen) atoms. The average Bonchev–Trinajstić information content (AvgIpc) is 3.12. The van der Waals surface area contributed by atoms with Gasteiger partial charge in [0.25, 0.3) is 0 Å². The fourth-order valence-corrected chi connectivity index (χ4v) is 5.37. The lowest BCUT2D eigenvalue weighted by atomic mass is 9.87. The Kier molecular flexibility index (Phi) is 7.00. The average molecular weight is 427 g/mol. The Balaban J connectivity index is 1.63. The van der Waals surface area contributed by atoms with Crippen LogP contribution in [0, 0.1) is 0 Å². The van der Waals surface area contributed by atoms with Crippen molar-refractivity contribution in [1.82, 2.24) is 10.2 Å². The molecule has 0 saturated carbocycles. The van der Waals surface area contributed by atoms with E-state index in [1.165, 1.54) is 32.7 Å². The van der Waals surface area contributed by atoms with Gasteiger partial charge in [-0.15, -0.1) is 11.3 Å². The molecule has 0 radical (unpaired) electrons. The molecule has 1 fully saturated rings. The van der Waals surface area contributed by atoms with E-state index >= 15 is 0 Å². The van der Waals surface area contributed by atoms with Crippen molar-refractivity contribution >= 4 is 22.9 Å². The van der Waals surface area contributed by atoms with E-state index in [1.54, 1.807) is 11.3 Å². The van der Waals surface area contributed by atoms with Crippen LogP contribution in [-0.4, -0.2) is 62.4 Å². The first-order valence-corrected chi connectivity index (χ1v) is 11.6. The maximum absolute atomic E-state index is 12.6. The van der Waals surface area contributed by atoms with Crippen molar-refractivity contribution < 1.29 is 14.6 Å². The van der Waals surface area contributed by atoms with Crippen LogP contribution in [0.5, 0.6) is 0 Å². The van der Waals surface area contributed by atoms with Crippen LogP contribution in [0.2, 0.25) is 0 Å². The second-order valence-corrected chi connectivity index (χ2v) is 9.13. The van der Waals surface area contributed by atoms with Crippen LogP contribution < -0.4 is 5.32 Å². The number of aliphatic hydroxyl groups excluding tert-OH is 1. The Morgan fingerprint density at radius 3 is 2.73 bits per heavy atom. The quantitative estimate of drug-likeness (QED) is 0.549. The van der Waals surface area contributed by atoms with Crippen LogP contribution in [0.3, 0.4) is 0 Å². The molecule has 1 aliphatic heterocycles. The number of benzene rings is 1. The summed E-state index contributed by atoms with van der Waals surface area (Å²) in [5, 5.41) is 11.8. The Morgan fingerprint density at radius 2 is 1.93 bits per heavy atom. The maximum Gasteiger partial charge on any atom is 0.348 e. The van der Waals surface area contributed by atoms with Gasteiger partial charge in [-0.1, -0.05) is 29.8 Å². The molecule has 0 atom stereocenters. The molecule has 0 unspecified atom stereocenters. The number of carbonyl (C=O) groups excluding carboxylic acids is 1.